The molecule has 2 aliphatic heterocycles. The smallest absolute Gasteiger partial charge is 0.225 e. The first-order chi connectivity index (χ1) is 15.0. The van der Waals surface area contributed by atoms with E-state index >= 15 is 0 Å². The Bertz CT molecular complexity index is 887. The van der Waals surface area contributed by atoms with Gasteiger partial charge in [0.2, 0.25) is 11.9 Å². The van der Waals surface area contributed by atoms with Gasteiger partial charge >= 0.3 is 0 Å². The number of hydrogen-bond donors (Lipinski definition) is 1. The van der Waals surface area contributed by atoms with E-state index in [4.69, 9.17) is 4.74 Å². The summed E-state index contributed by atoms with van der Waals surface area (Å²) in [5, 5.41) is 2.97. The molecule has 3 unspecified atom stereocenters. The Labute approximate surface area is 182 Å². The summed E-state index contributed by atoms with van der Waals surface area (Å²) in [6.07, 6.45) is 5.30. The average molecular weight is 428 g/mol. The molecule has 31 heavy (non-hydrogen) atoms. The number of aromatic nitrogens is 2. The molecule has 8 heteroatoms. The zero-order valence-electron chi connectivity index (χ0n) is 18.1. The zero-order chi connectivity index (χ0) is 21.8. The quantitative estimate of drug-likeness (QED) is 0.791. The number of ether oxygens (including phenoxy) is 1. The molecule has 1 aromatic heterocycles. The maximum Gasteiger partial charge on any atom is 0.225 e. The lowest BCUT2D eigenvalue weighted by Crippen LogP contribution is -2.45. The van der Waals surface area contributed by atoms with Gasteiger partial charge < -0.3 is 19.9 Å². The Morgan fingerprint density at radius 2 is 1.90 bits per heavy atom. The molecule has 1 amide bonds. The molecule has 1 N–H and O–H groups in total. The number of hydrogen-bond acceptors (Lipinski definition) is 6. The van der Waals surface area contributed by atoms with E-state index in [-0.39, 0.29) is 29.9 Å². The lowest BCUT2D eigenvalue weighted by Gasteiger charge is -2.37. The fourth-order valence-corrected chi connectivity index (χ4v) is 4.45. The molecule has 2 aromatic rings. The van der Waals surface area contributed by atoms with E-state index in [1.807, 2.05) is 29.7 Å². The molecule has 0 spiro atoms. The maximum atomic E-state index is 14.8. The standard InChI is InChI=1S/C23H30FN5O2/c1-16-13-29(14-17(2)31-16)21-7-6-18(11-20(21)24)12-27-22(30)19-5-3-10-28(15-19)23-25-8-4-9-26-23/h4,6-9,11,16-17,19H,3,5,10,12-15H2,1-2H3,(H,27,30). The average Bonchev–Trinajstić information content (AvgIpc) is 2.77. The number of nitrogens with zero attached hydrogens (tertiary/aromatic N) is 4. The predicted octanol–water partition coefficient (Wildman–Crippen LogP) is 2.76. The summed E-state index contributed by atoms with van der Waals surface area (Å²) in [6.45, 7) is 7.09. The Balaban J connectivity index is 1.33. The Morgan fingerprint density at radius 3 is 2.61 bits per heavy atom. The molecular formula is C23H30FN5O2. The molecule has 166 valence electrons. The molecule has 4 rings (SSSR count). The second-order valence-electron chi connectivity index (χ2n) is 8.50. The summed E-state index contributed by atoms with van der Waals surface area (Å²) in [4.78, 5) is 25.4. The van der Waals surface area contributed by atoms with Gasteiger partial charge in [-0.05, 0) is 50.5 Å². The fraction of sp³-hybridized carbons (Fsp3) is 0.522. The normalized spacial score (nSPS) is 24.2. The van der Waals surface area contributed by atoms with Gasteiger partial charge in [-0.3, -0.25) is 4.79 Å². The number of morpholine rings is 1. The maximum absolute atomic E-state index is 14.8. The second kappa shape index (κ2) is 9.60. The van der Waals surface area contributed by atoms with Crippen molar-refractivity contribution < 1.29 is 13.9 Å². The van der Waals surface area contributed by atoms with Gasteiger partial charge in [-0.1, -0.05) is 6.07 Å². The van der Waals surface area contributed by atoms with Gasteiger partial charge in [-0.15, -0.1) is 0 Å². The van der Waals surface area contributed by atoms with Crippen molar-refractivity contribution in [3.05, 3.63) is 48.0 Å². The Morgan fingerprint density at radius 1 is 1.16 bits per heavy atom. The largest absolute Gasteiger partial charge is 0.372 e. The van der Waals surface area contributed by atoms with Crippen molar-refractivity contribution in [2.75, 3.05) is 36.0 Å². The highest BCUT2D eigenvalue weighted by molar-refractivity contribution is 5.79. The number of rotatable bonds is 5. The van der Waals surface area contributed by atoms with Crippen LogP contribution in [-0.2, 0) is 16.1 Å². The molecule has 1 aromatic carbocycles. The molecule has 2 aliphatic rings. The summed E-state index contributed by atoms with van der Waals surface area (Å²) < 4.78 is 20.5. The van der Waals surface area contributed by atoms with Crippen LogP contribution in [0.1, 0.15) is 32.3 Å². The van der Waals surface area contributed by atoms with Crippen LogP contribution in [0.25, 0.3) is 0 Å². The number of anilines is 2. The van der Waals surface area contributed by atoms with E-state index < -0.39 is 0 Å². The van der Waals surface area contributed by atoms with Crippen LogP contribution in [0.3, 0.4) is 0 Å². The zero-order valence-corrected chi connectivity index (χ0v) is 18.1. The van der Waals surface area contributed by atoms with Crippen LogP contribution in [0.2, 0.25) is 0 Å². The number of amides is 1. The third-order valence-corrected chi connectivity index (χ3v) is 5.87. The van der Waals surface area contributed by atoms with Crippen molar-refractivity contribution in [2.45, 2.75) is 45.4 Å². The van der Waals surface area contributed by atoms with Crippen molar-refractivity contribution in [3.63, 3.8) is 0 Å². The molecule has 2 saturated heterocycles. The van der Waals surface area contributed by atoms with Gasteiger partial charge in [0.15, 0.2) is 0 Å². The van der Waals surface area contributed by atoms with Crippen LogP contribution in [0.15, 0.2) is 36.7 Å². The third kappa shape index (κ3) is 5.31. The first-order valence-corrected chi connectivity index (χ1v) is 11.0. The van der Waals surface area contributed by atoms with Gasteiger partial charge in [0, 0.05) is 45.1 Å². The summed E-state index contributed by atoms with van der Waals surface area (Å²) in [5.41, 5.74) is 1.34. The number of halogens is 1. The van der Waals surface area contributed by atoms with Crippen LogP contribution in [0.5, 0.6) is 0 Å². The monoisotopic (exact) mass is 427 g/mol. The highest BCUT2D eigenvalue weighted by atomic mass is 19.1. The third-order valence-electron chi connectivity index (χ3n) is 5.87. The Kier molecular flexibility index (Phi) is 6.65. The molecular weight excluding hydrogens is 397 g/mol. The van der Waals surface area contributed by atoms with Crippen molar-refractivity contribution in [1.82, 2.24) is 15.3 Å². The number of piperidine rings is 1. The van der Waals surface area contributed by atoms with Crippen LogP contribution in [-0.4, -0.2) is 54.3 Å². The molecule has 0 radical (unpaired) electrons. The van der Waals surface area contributed by atoms with Crippen LogP contribution in [0, 0.1) is 11.7 Å². The highest BCUT2D eigenvalue weighted by Crippen LogP contribution is 2.25. The van der Waals surface area contributed by atoms with Crippen LogP contribution >= 0.6 is 0 Å². The first-order valence-electron chi connectivity index (χ1n) is 11.0. The van der Waals surface area contributed by atoms with Gasteiger partial charge in [0.25, 0.3) is 0 Å². The van der Waals surface area contributed by atoms with Gasteiger partial charge in [-0.25, -0.2) is 14.4 Å². The van der Waals surface area contributed by atoms with Crippen LogP contribution < -0.4 is 15.1 Å². The lowest BCUT2D eigenvalue weighted by molar-refractivity contribution is -0.125. The van der Waals surface area contributed by atoms with E-state index in [1.165, 1.54) is 6.07 Å². The number of nitrogens with one attached hydrogen (secondary N) is 1. The van der Waals surface area contributed by atoms with E-state index in [0.717, 1.165) is 24.9 Å². The molecule has 0 saturated carbocycles. The van der Waals surface area contributed by atoms with Crippen molar-refractivity contribution in [1.29, 1.82) is 0 Å². The number of carbonyl (C=O) groups excluding carboxylic acids is 1. The van der Waals surface area contributed by atoms with E-state index in [1.54, 1.807) is 24.5 Å². The Hall–Kier alpha value is -2.74. The second-order valence-corrected chi connectivity index (χ2v) is 8.50. The molecule has 0 aliphatic carbocycles. The highest BCUT2D eigenvalue weighted by Gasteiger charge is 2.27. The molecule has 0 bridgehead atoms. The number of benzene rings is 1. The van der Waals surface area contributed by atoms with E-state index in [2.05, 4.69) is 15.3 Å². The summed E-state index contributed by atoms with van der Waals surface area (Å²) >= 11 is 0. The van der Waals surface area contributed by atoms with E-state index in [9.17, 15) is 9.18 Å². The minimum absolute atomic E-state index is 0.0130. The van der Waals surface area contributed by atoms with Gasteiger partial charge in [0.05, 0.1) is 23.8 Å². The predicted molar refractivity (Wildman–Crippen MR) is 117 cm³/mol. The SMILES string of the molecule is CC1CN(c2ccc(CNC(=O)C3CCCN(c4ncccn4)C3)cc2F)CC(C)O1. The first kappa shape index (κ1) is 21.5. The topological polar surface area (TPSA) is 70.6 Å². The van der Waals surface area contributed by atoms with Gasteiger partial charge in [-0.2, -0.15) is 0 Å². The molecule has 3 atom stereocenters. The molecule has 2 fully saturated rings. The fourth-order valence-electron chi connectivity index (χ4n) is 4.45. The summed E-state index contributed by atoms with van der Waals surface area (Å²) in [5.74, 6) is 0.251. The minimum atomic E-state index is -0.266. The van der Waals surface area contributed by atoms with Crippen LogP contribution in [0.4, 0.5) is 16.0 Å². The summed E-state index contributed by atoms with van der Waals surface area (Å²) in [6, 6.07) is 6.98. The summed E-state index contributed by atoms with van der Waals surface area (Å²) in [7, 11) is 0. The number of carbonyl (C=O) groups is 1. The van der Waals surface area contributed by atoms with Gasteiger partial charge in [0.1, 0.15) is 5.82 Å². The molecule has 3 heterocycles. The lowest BCUT2D eigenvalue weighted by atomic mass is 9.97. The van der Waals surface area contributed by atoms with Crippen molar-refractivity contribution in [3.8, 4) is 0 Å². The van der Waals surface area contributed by atoms with Crippen molar-refractivity contribution >= 4 is 17.5 Å². The molecule has 7 nitrogen and oxygen atoms in total. The minimum Gasteiger partial charge on any atom is -0.372 e. The van der Waals surface area contributed by atoms with E-state index in [0.29, 0.717) is 37.8 Å². The van der Waals surface area contributed by atoms with Crippen molar-refractivity contribution in [2.24, 2.45) is 5.92 Å².